The Morgan fingerprint density at radius 1 is 0.885 bits per heavy atom. The summed E-state index contributed by atoms with van der Waals surface area (Å²) < 4.78 is 5.78. The molecular formula is C24H27NO. The predicted molar refractivity (Wildman–Crippen MR) is 111 cm³/mol. The molecular weight excluding hydrogens is 318 g/mol. The molecule has 0 bridgehead atoms. The van der Waals surface area contributed by atoms with Gasteiger partial charge in [-0.2, -0.15) is 0 Å². The first-order valence-corrected chi connectivity index (χ1v) is 9.57. The monoisotopic (exact) mass is 345 g/mol. The minimum atomic E-state index is 0.405. The Morgan fingerprint density at radius 2 is 1.62 bits per heavy atom. The van der Waals surface area contributed by atoms with E-state index in [1.165, 1.54) is 24.8 Å². The third-order valence-corrected chi connectivity index (χ3v) is 4.54. The average molecular weight is 345 g/mol. The normalized spacial score (nSPS) is 13.7. The molecule has 3 rings (SSSR count). The van der Waals surface area contributed by atoms with Crippen LogP contribution in [0.15, 0.2) is 77.8 Å². The Balaban J connectivity index is 1.50. The van der Waals surface area contributed by atoms with Crippen LogP contribution in [0.1, 0.15) is 49.7 Å². The Labute approximate surface area is 156 Å². The third kappa shape index (κ3) is 5.45. The smallest absolute Gasteiger partial charge is 0.119 e. The highest BCUT2D eigenvalue weighted by atomic mass is 16.5. The predicted octanol–water partition coefficient (Wildman–Crippen LogP) is 6.61. The summed E-state index contributed by atoms with van der Waals surface area (Å²) in [5.74, 6) is 1.34. The molecule has 0 radical (unpaired) electrons. The highest BCUT2D eigenvalue weighted by molar-refractivity contribution is 5.82. The number of benzene rings is 2. The van der Waals surface area contributed by atoms with Crippen molar-refractivity contribution in [3.05, 3.63) is 84.0 Å². The Kier molecular flexibility index (Phi) is 6.83. The Morgan fingerprint density at radius 3 is 2.31 bits per heavy atom. The number of rotatable bonds is 9. The number of hydrogen-bond acceptors (Lipinski definition) is 2. The van der Waals surface area contributed by atoms with Crippen molar-refractivity contribution in [3.63, 3.8) is 0 Å². The molecule has 0 saturated heterocycles. The van der Waals surface area contributed by atoms with Crippen LogP contribution in [-0.4, -0.2) is 12.8 Å². The van der Waals surface area contributed by atoms with Gasteiger partial charge in [-0.1, -0.05) is 62.6 Å². The van der Waals surface area contributed by atoms with Gasteiger partial charge in [0.15, 0.2) is 0 Å². The molecule has 0 N–H and O–H groups in total. The summed E-state index contributed by atoms with van der Waals surface area (Å²) in [5, 5.41) is 0. The van der Waals surface area contributed by atoms with Crippen molar-refractivity contribution in [1.82, 2.24) is 0 Å². The van der Waals surface area contributed by atoms with Gasteiger partial charge < -0.3 is 4.74 Å². The van der Waals surface area contributed by atoms with Crippen LogP contribution in [0, 0.1) is 0 Å². The summed E-state index contributed by atoms with van der Waals surface area (Å²) in [5.41, 5.74) is 3.35. The van der Waals surface area contributed by atoms with Crippen LogP contribution in [0.25, 0.3) is 0 Å². The molecule has 0 amide bonds. The van der Waals surface area contributed by atoms with Gasteiger partial charge >= 0.3 is 0 Å². The molecule has 0 heterocycles. The molecule has 2 nitrogen and oxygen atoms in total. The van der Waals surface area contributed by atoms with Crippen LogP contribution in [0.4, 0.5) is 5.69 Å². The zero-order valence-electron chi connectivity index (χ0n) is 15.5. The van der Waals surface area contributed by atoms with E-state index in [4.69, 9.17) is 4.74 Å². The first-order valence-electron chi connectivity index (χ1n) is 9.57. The average Bonchev–Trinajstić information content (AvgIpc) is 3.22. The van der Waals surface area contributed by atoms with Gasteiger partial charge in [0.05, 0.1) is 12.3 Å². The fourth-order valence-electron chi connectivity index (χ4n) is 2.95. The maximum atomic E-state index is 5.78. The van der Waals surface area contributed by atoms with E-state index in [1.54, 1.807) is 0 Å². The molecule has 0 atom stereocenters. The summed E-state index contributed by atoms with van der Waals surface area (Å²) in [6, 6.07) is 16.6. The number of aliphatic imine (C=N–C) groups is 1. The van der Waals surface area contributed by atoms with Crippen molar-refractivity contribution < 1.29 is 4.74 Å². The fraction of sp³-hybridized carbons (Fsp3) is 0.292. The molecule has 2 heteroatoms. The molecule has 0 fully saturated rings. The van der Waals surface area contributed by atoms with Crippen LogP contribution in [0.3, 0.4) is 0 Å². The van der Waals surface area contributed by atoms with E-state index in [-0.39, 0.29) is 0 Å². The highest BCUT2D eigenvalue weighted by Gasteiger charge is 2.06. The van der Waals surface area contributed by atoms with E-state index >= 15 is 0 Å². The van der Waals surface area contributed by atoms with Crippen molar-refractivity contribution in [2.75, 3.05) is 6.61 Å². The van der Waals surface area contributed by atoms with E-state index in [1.807, 2.05) is 30.5 Å². The van der Waals surface area contributed by atoms with Crippen LogP contribution in [-0.2, 0) is 0 Å². The maximum absolute atomic E-state index is 5.78. The van der Waals surface area contributed by atoms with Gasteiger partial charge in [-0.25, -0.2) is 0 Å². The Bertz CT molecular complexity index is 742. The molecule has 1 aliphatic rings. The fourth-order valence-corrected chi connectivity index (χ4v) is 2.95. The molecule has 1 aliphatic carbocycles. The van der Waals surface area contributed by atoms with Gasteiger partial charge in [0.1, 0.15) is 5.75 Å². The van der Waals surface area contributed by atoms with E-state index < -0.39 is 0 Å². The van der Waals surface area contributed by atoms with Crippen LogP contribution < -0.4 is 4.74 Å². The second-order valence-corrected chi connectivity index (χ2v) is 6.62. The summed E-state index contributed by atoms with van der Waals surface area (Å²) in [4.78, 5) is 4.57. The maximum Gasteiger partial charge on any atom is 0.119 e. The van der Waals surface area contributed by atoms with Crippen LogP contribution >= 0.6 is 0 Å². The van der Waals surface area contributed by atoms with Crippen LogP contribution in [0.2, 0.25) is 0 Å². The third-order valence-electron chi connectivity index (χ3n) is 4.54. The number of ether oxygens (including phenoxy) is 1. The molecule has 0 saturated carbocycles. The van der Waals surface area contributed by atoms with Crippen molar-refractivity contribution >= 4 is 11.9 Å². The van der Waals surface area contributed by atoms with Gasteiger partial charge in [-0.15, -0.1) is 0 Å². The quantitative estimate of drug-likeness (QED) is 0.370. The van der Waals surface area contributed by atoms with Crippen molar-refractivity contribution in [2.45, 2.75) is 38.5 Å². The second-order valence-electron chi connectivity index (χ2n) is 6.62. The first kappa shape index (κ1) is 18.2. The molecule has 26 heavy (non-hydrogen) atoms. The van der Waals surface area contributed by atoms with E-state index in [2.05, 4.69) is 60.5 Å². The molecule has 0 unspecified atom stereocenters. The number of allylic oxidation sites excluding steroid dienone is 4. The molecule has 2 aromatic carbocycles. The van der Waals surface area contributed by atoms with Crippen molar-refractivity contribution in [3.8, 4) is 5.75 Å². The molecule has 134 valence electrons. The van der Waals surface area contributed by atoms with Gasteiger partial charge in [0.2, 0.25) is 0 Å². The van der Waals surface area contributed by atoms with Crippen molar-refractivity contribution in [2.24, 2.45) is 4.99 Å². The number of unbranched alkanes of at least 4 members (excludes halogenated alkanes) is 3. The summed E-state index contributed by atoms with van der Waals surface area (Å²) >= 11 is 0. The lowest BCUT2D eigenvalue weighted by Gasteiger charge is -2.06. The molecule has 0 aliphatic heterocycles. The van der Waals surface area contributed by atoms with E-state index in [0.717, 1.165) is 30.0 Å². The van der Waals surface area contributed by atoms with Gasteiger partial charge in [0, 0.05) is 12.1 Å². The lowest BCUT2D eigenvalue weighted by molar-refractivity contribution is 0.305. The van der Waals surface area contributed by atoms with Gasteiger partial charge in [0.25, 0.3) is 0 Å². The minimum absolute atomic E-state index is 0.405. The lowest BCUT2D eigenvalue weighted by atomic mass is 10.0. The first-order chi connectivity index (χ1) is 12.8. The molecule has 2 aromatic rings. The Hall–Kier alpha value is -2.61. The lowest BCUT2D eigenvalue weighted by Crippen LogP contribution is -1.97. The summed E-state index contributed by atoms with van der Waals surface area (Å²) in [6.45, 7) is 3.02. The van der Waals surface area contributed by atoms with Crippen molar-refractivity contribution in [1.29, 1.82) is 0 Å². The zero-order chi connectivity index (χ0) is 18.0. The second kappa shape index (κ2) is 9.76. The van der Waals surface area contributed by atoms with Crippen LogP contribution in [0.5, 0.6) is 5.75 Å². The standard InChI is InChI=1S/C24H27NO/c1-2-3-4-7-18-26-24-16-10-20(11-17-24)19-25-23-14-12-22(13-15-23)21-8-5-6-9-21/h5-6,8-17,19,21H,2-4,7,18H2,1H3. The van der Waals surface area contributed by atoms with E-state index in [0.29, 0.717) is 5.92 Å². The highest BCUT2D eigenvalue weighted by Crippen LogP contribution is 2.25. The van der Waals surface area contributed by atoms with E-state index in [9.17, 15) is 0 Å². The van der Waals surface area contributed by atoms with Gasteiger partial charge in [-0.3, -0.25) is 4.99 Å². The summed E-state index contributed by atoms with van der Waals surface area (Å²) in [7, 11) is 0. The largest absolute Gasteiger partial charge is 0.494 e. The SMILES string of the molecule is CCCCCCOc1ccc(C=Nc2ccc(C3C=CC=C3)cc2)cc1. The zero-order valence-corrected chi connectivity index (χ0v) is 15.5. The minimum Gasteiger partial charge on any atom is -0.494 e. The topological polar surface area (TPSA) is 21.6 Å². The number of hydrogen-bond donors (Lipinski definition) is 0. The summed E-state index contributed by atoms with van der Waals surface area (Å²) in [6.07, 6.45) is 15.4. The molecule has 0 aromatic heterocycles. The van der Waals surface area contributed by atoms with Gasteiger partial charge in [-0.05, 0) is 53.9 Å². The molecule has 0 spiro atoms. The number of nitrogens with zero attached hydrogens (tertiary/aromatic N) is 1.